The number of hydrogen-bond acceptors (Lipinski definition) is 4. The van der Waals surface area contributed by atoms with Crippen LogP contribution in [-0.4, -0.2) is 32.7 Å². The number of aromatic nitrogens is 3. The molecular formula is C20H20FN5O3. The van der Waals surface area contributed by atoms with E-state index >= 15 is 0 Å². The van der Waals surface area contributed by atoms with E-state index in [2.05, 4.69) is 15.7 Å². The first-order chi connectivity index (χ1) is 13.8. The molecular weight excluding hydrogens is 377 g/mol. The summed E-state index contributed by atoms with van der Waals surface area (Å²) >= 11 is 0. The zero-order valence-electron chi connectivity index (χ0n) is 16.2. The van der Waals surface area contributed by atoms with E-state index in [1.807, 2.05) is 0 Å². The number of carbonyl (C=O) groups is 2. The first-order valence-electron chi connectivity index (χ1n) is 8.79. The summed E-state index contributed by atoms with van der Waals surface area (Å²) in [5.41, 5.74) is 1.96. The van der Waals surface area contributed by atoms with E-state index in [0.29, 0.717) is 22.4 Å². The minimum Gasteiger partial charge on any atom is -0.342 e. The van der Waals surface area contributed by atoms with E-state index in [9.17, 15) is 18.8 Å². The lowest BCUT2D eigenvalue weighted by Crippen LogP contribution is -2.33. The highest BCUT2D eigenvalue weighted by atomic mass is 19.1. The number of rotatable bonds is 5. The zero-order chi connectivity index (χ0) is 21.1. The van der Waals surface area contributed by atoms with Crippen molar-refractivity contribution in [2.24, 2.45) is 14.1 Å². The smallest absolute Gasteiger partial charge is 0.269 e. The molecule has 9 heteroatoms. The van der Waals surface area contributed by atoms with Crippen LogP contribution in [0.3, 0.4) is 0 Å². The first kappa shape index (κ1) is 20.0. The Labute approximate surface area is 166 Å². The Bertz CT molecular complexity index is 1150. The third kappa shape index (κ3) is 4.40. The van der Waals surface area contributed by atoms with Crippen molar-refractivity contribution in [1.29, 1.82) is 0 Å². The second kappa shape index (κ2) is 8.09. The third-order valence-corrected chi connectivity index (χ3v) is 4.44. The molecule has 3 aromatic rings. The Kier molecular flexibility index (Phi) is 5.58. The molecule has 3 rings (SSSR count). The lowest BCUT2D eigenvalue weighted by molar-refractivity contribution is -0.115. The largest absolute Gasteiger partial charge is 0.342 e. The van der Waals surface area contributed by atoms with Crippen molar-refractivity contribution in [2.45, 2.75) is 6.92 Å². The second-order valence-corrected chi connectivity index (χ2v) is 6.58. The van der Waals surface area contributed by atoms with Gasteiger partial charge in [0.05, 0.1) is 6.54 Å². The van der Waals surface area contributed by atoms with Gasteiger partial charge in [-0.2, -0.15) is 5.10 Å². The molecule has 1 aromatic carbocycles. The van der Waals surface area contributed by atoms with Gasteiger partial charge < -0.3 is 15.2 Å². The van der Waals surface area contributed by atoms with Crippen LogP contribution in [0.4, 0.5) is 10.1 Å². The van der Waals surface area contributed by atoms with Crippen LogP contribution in [-0.2, 0) is 18.9 Å². The molecule has 0 fully saturated rings. The number of hydrogen-bond donors (Lipinski definition) is 2. The molecule has 2 amide bonds. The highest BCUT2D eigenvalue weighted by Crippen LogP contribution is 2.27. The average molecular weight is 397 g/mol. The monoisotopic (exact) mass is 397 g/mol. The first-order valence-corrected chi connectivity index (χ1v) is 8.79. The van der Waals surface area contributed by atoms with Crippen LogP contribution >= 0.6 is 0 Å². The summed E-state index contributed by atoms with van der Waals surface area (Å²) in [4.78, 5) is 35.7. The lowest BCUT2D eigenvalue weighted by Gasteiger charge is -2.11. The molecule has 0 aliphatic rings. The number of halogens is 1. The molecule has 0 aliphatic heterocycles. The van der Waals surface area contributed by atoms with Gasteiger partial charge >= 0.3 is 0 Å². The molecule has 0 saturated heterocycles. The van der Waals surface area contributed by atoms with Crippen LogP contribution in [0.25, 0.3) is 11.1 Å². The molecule has 0 bridgehead atoms. The summed E-state index contributed by atoms with van der Waals surface area (Å²) in [6.45, 7) is 1.46. The predicted molar refractivity (Wildman–Crippen MR) is 106 cm³/mol. The topological polar surface area (TPSA) is 98.0 Å². The predicted octanol–water partition coefficient (Wildman–Crippen LogP) is 1.60. The van der Waals surface area contributed by atoms with Crippen molar-refractivity contribution in [2.75, 3.05) is 11.9 Å². The number of amides is 2. The maximum Gasteiger partial charge on any atom is 0.269 e. The summed E-state index contributed by atoms with van der Waals surface area (Å²) < 4.78 is 17.4. The van der Waals surface area contributed by atoms with Gasteiger partial charge in [-0.05, 0) is 36.8 Å². The van der Waals surface area contributed by atoms with Crippen molar-refractivity contribution < 1.29 is 14.0 Å². The third-order valence-electron chi connectivity index (χ3n) is 4.44. The molecule has 2 heterocycles. The van der Waals surface area contributed by atoms with E-state index in [1.165, 1.54) is 39.7 Å². The number of anilines is 1. The van der Waals surface area contributed by atoms with Crippen LogP contribution < -0.4 is 16.2 Å². The molecule has 2 aromatic heterocycles. The Balaban J connectivity index is 1.68. The molecule has 8 nitrogen and oxygen atoms in total. The van der Waals surface area contributed by atoms with E-state index in [1.54, 1.807) is 33.3 Å². The van der Waals surface area contributed by atoms with Crippen LogP contribution in [0.5, 0.6) is 0 Å². The van der Waals surface area contributed by atoms with Crippen LogP contribution in [0, 0.1) is 12.7 Å². The number of benzene rings is 1. The van der Waals surface area contributed by atoms with E-state index in [4.69, 9.17) is 0 Å². The van der Waals surface area contributed by atoms with E-state index in [0.717, 1.165) is 0 Å². The van der Waals surface area contributed by atoms with Crippen LogP contribution in [0.15, 0.2) is 47.5 Å². The molecule has 0 saturated carbocycles. The van der Waals surface area contributed by atoms with Crippen LogP contribution in [0.2, 0.25) is 0 Å². The van der Waals surface area contributed by atoms with Gasteiger partial charge in [-0.15, -0.1) is 0 Å². The van der Waals surface area contributed by atoms with Gasteiger partial charge in [0.2, 0.25) is 5.91 Å². The molecule has 0 spiro atoms. The standard InChI is InChI=1S/C20H20FN5O3/c1-12-8-19(28)25(2)11-15(12)14-5-4-13(9-16(14)21)24-18(27)10-22-20(29)17-6-7-23-26(17)3/h4-9,11H,10H2,1-3H3,(H,22,29)(H,24,27). The molecule has 0 atom stereocenters. The highest BCUT2D eigenvalue weighted by Gasteiger charge is 2.13. The Hall–Kier alpha value is -3.75. The molecule has 29 heavy (non-hydrogen) atoms. The number of nitrogens with one attached hydrogen (secondary N) is 2. The summed E-state index contributed by atoms with van der Waals surface area (Å²) in [6.07, 6.45) is 3.05. The minimum absolute atomic E-state index is 0.177. The molecule has 0 aliphatic carbocycles. The Morgan fingerprint density at radius 2 is 1.90 bits per heavy atom. The van der Waals surface area contributed by atoms with Gasteiger partial charge in [0, 0.05) is 49.4 Å². The number of carbonyl (C=O) groups excluding carboxylic acids is 2. The number of pyridine rings is 1. The Morgan fingerprint density at radius 1 is 1.14 bits per heavy atom. The molecule has 0 unspecified atom stereocenters. The van der Waals surface area contributed by atoms with Crippen molar-refractivity contribution in [1.82, 2.24) is 19.7 Å². The normalized spacial score (nSPS) is 10.6. The highest BCUT2D eigenvalue weighted by molar-refractivity contribution is 5.98. The van der Waals surface area contributed by atoms with Crippen molar-refractivity contribution in [3.8, 4) is 11.1 Å². The van der Waals surface area contributed by atoms with Crippen LogP contribution in [0.1, 0.15) is 16.1 Å². The van der Waals surface area contributed by atoms with Gasteiger partial charge in [-0.25, -0.2) is 4.39 Å². The average Bonchev–Trinajstić information content (AvgIpc) is 3.09. The maximum absolute atomic E-state index is 14.6. The quantitative estimate of drug-likeness (QED) is 0.683. The maximum atomic E-state index is 14.6. The van der Waals surface area contributed by atoms with Gasteiger partial charge in [-0.1, -0.05) is 0 Å². The molecule has 0 radical (unpaired) electrons. The van der Waals surface area contributed by atoms with Gasteiger partial charge in [0.1, 0.15) is 11.5 Å². The van der Waals surface area contributed by atoms with Gasteiger partial charge in [-0.3, -0.25) is 19.1 Å². The van der Waals surface area contributed by atoms with Gasteiger partial charge in [0.25, 0.3) is 11.5 Å². The zero-order valence-corrected chi connectivity index (χ0v) is 16.2. The van der Waals surface area contributed by atoms with E-state index < -0.39 is 17.6 Å². The van der Waals surface area contributed by atoms with Crippen molar-refractivity contribution >= 4 is 17.5 Å². The summed E-state index contributed by atoms with van der Waals surface area (Å²) in [6, 6.07) is 7.26. The summed E-state index contributed by atoms with van der Waals surface area (Å²) in [7, 11) is 3.21. The fourth-order valence-corrected chi connectivity index (χ4v) is 2.87. The van der Waals surface area contributed by atoms with E-state index in [-0.39, 0.29) is 17.8 Å². The minimum atomic E-state index is -0.538. The summed E-state index contributed by atoms with van der Waals surface area (Å²) in [5, 5.41) is 8.91. The number of aryl methyl sites for hydroxylation is 3. The fraction of sp³-hybridized carbons (Fsp3) is 0.200. The Morgan fingerprint density at radius 3 is 2.55 bits per heavy atom. The number of nitrogens with zero attached hydrogens (tertiary/aromatic N) is 3. The van der Waals surface area contributed by atoms with Gasteiger partial charge in [0.15, 0.2) is 0 Å². The SMILES string of the molecule is Cc1cc(=O)n(C)cc1-c1ccc(NC(=O)CNC(=O)c2ccnn2C)cc1F. The fourth-order valence-electron chi connectivity index (χ4n) is 2.87. The lowest BCUT2D eigenvalue weighted by atomic mass is 10.0. The summed E-state index contributed by atoms with van der Waals surface area (Å²) in [5.74, 6) is -1.47. The van der Waals surface area contributed by atoms with Crippen molar-refractivity contribution in [3.05, 3.63) is 70.2 Å². The second-order valence-electron chi connectivity index (χ2n) is 6.58. The van der Waals surface area contributed by atoms with Crippen molar-refractivity contribution in [3.63, 3.8) is 0 Å². The molecule has 2 N–H and O–H groups in total. The molecule has 150 valence electrons.